The third kappa shape index (κ3) is 5.63. The van der Waals surface area contributed by atoms with E-state index in [0.717, 1.165) is 32.3 Å². The summed E-state index contributed by atoms with van der Waals surface area (Å²) in [5.74, 6) is -0.357. The average Bonchev–Trinajstić information content (AvgIpc) is 2.84. The van der Waals surface area contributed by atoms with E-state index in [-0.39, 0.29) is 22.3 Å². The van der Waals surface area contributed by atoms with E-state index in [0.29, 0.717) is 0 Å². The minimum absolute atomic E-state index is 0.0262. The van der Waals surface area contributed by atoms with Gasteiger partial charge < -0.3 is 14.6 Å². The molecule has 0 bridgehead atoms. The molecule has 136 valence electrons. The number of carbonyl (C=O) groups excluding carboxylic acids is 1. The van der Waals surface area contributed by atoms with E-state index in [9.17, 15) is 13.2 Å². The van der Waals surface area contributed by atoms with Gasteiger partial charge in [0.15, 0.2) is 5.76 Å². The Morgan fingerprint density at radius 1 is 1.21 bits per heavy atom. The third-order valence-corrected chi connectivity index (χ3v) is 5.32. The molecule has 6 nitrogen and oxygen atoms in total. The van der Waals surface area contributed by atoms with Gasteiger partial charge in [-0.05, 0) is 58.3 Å². The van der Waals surface area contributed by atoms with Gasteiger partial charge in [0.2, 0.25) is 14.9 Å². The van der Waals surface area contributed by atoms with Crippen LogP contribution >= 0.6 is 0 Å². The standard InChI is InChI=1S/C17H28N2O4S/c1-17(2,10-13-19-11-6-4-5-7-12-19)18-16(20)14-8-9-15(23-14)24(3,21)22/h8-9H,4-7,10-13H2,1-3H3,(H,18,20). The first-order valence-electron chi connectivity index (χ1n) is 8.52. The molecular weight excluding hydrogens is 328 g/mol. The number of sulfone groups is 1. The molecule has 0 unspecified atom stereocenters. The molecule has 2 rings (SSSR count). The van der Waals surface area contributed by atoms with Crippen molar-refractivity contribution in [3.63, 3.8) is 0 Å². The van der Waals surface area contributed by atoms with E-state index in [1.165, 1.54) is 37.8 Å². The fourth-order valence-corrected chi connectivity index (χ4v) is 3.43. The van der Waals surface area contributed by atoms with E-state index in [1.54, 1.807) is 0 Å². The zero-order chi connectivity index (χ0) is 17.8. The molecule has 0 spiro atoms. The van der Waals surface area contributed by atoms with Crippen LogP contribution in [0.4, 0.5) is 0 Å². The lowest BCUT2D eigenvalue weighted by atomic mass is 10.00. The summed E-state index contributed by atoms with van der Waals surface area (Å²) in [6.07, 6.45) is 6.98. The lowest BCUT2D eigenvalue weighted by Gasteiger charge is -2.29. The van der Waals surface area contributed by atoms with Gasteiger partial charge in [0.25, 0.3) is 5.91 Å². The van der Waals surface area contributed by atoms with Gasteiger partial charge >= 0.3 is 0 Å². The summed E-state index contributed by atoms with van der Waals surface area (Å²) in [5.41, 5.74) is -0.387. The van der Waals surface area contributed by atoms with E-state index < -0.39 is 9.84 Å². The first-order valence-corrected chi connectivity index (χ1v) is 10.4. The number of nitrogens with one attached hydrogen (secondary N) is 1. The Balaban J connectivity index is 1.90. The molecule has 1 aromatic rings. The second-order valence-electron chi connectivity index (χ2n) is 7.23. The van der Waals surface area contributed by atoms with E-state index in [1.807, 2.05) is 13.8 Å². The van der Waals surface area contributed by atoms with Crippen molar-refractivity contribution in [2.45, 2.75) is 56.6 Å². The molecule has 1 aromatic heterocycles. The second kappa shape index (κ2) is 7.70. The Kier molecular flexibility index (Phi) is 6.09. The smallest absolute Gasteiger partial charge is 0.287 e. The molecule has 1 aliphatic heterocycles. The van der Waals surface area contributed by atoms with Gasteiger partial charge in [0.05, 0.1) is 0 Å². The van der Waals surface area contributed by atoms with Crippen LogP contribution in [-0.2, 0) is 9.84 Å². The fraction of sp³-hybridized carbons (Fsp3) is 0.706. The van der Waals surface area contributed by atoms with Gasteiger partial charge in [-0.1, -0.05) is 12.8 Å². The van der Waals surface area contributed by atoms with Gasteiger partial charge in [-0.25, -0.2) is 8.42 Å². The molecule has 1 saturated heterocycles. The number of likely N-dealkylation sites (tertiary alicyclic amines) is 1. The Morgan fingerprint density at radius 3 is 2.38 bits per heavy atom. The Morgan fingerprint density at radius 2 is 1.83 bits per heavy atom. The van der Waals surface area contributed by atoms with Crippen LogP contribution in [-0.4, -0.2) is 50.7 Å². The molecule has 0 aromatic carbocycles. The molecule has 0 radical (unpaired) electrons. The molecule has 1 amide bonds. The molecule has 1 N–H and O–H groups in total. The topological polar surface area (TPSA) is 79.6 Å². The number of amides is 1. The van der Waals surface area contributed by atoms with Crippen LogP contribution in [0, 0.1) is 0 Å². The monoisotopic (exact) mass is 356 g/mol. The van der Waals surface area contributed by atoms with Gasteiger partial charge in [-0.15, -0.1) is 0 Å². The Hall–Kier alpha value is -1.34. The van der Waals surface area contributed by atoms with Crippen molar-refractivity contribution in [3.8, 4) is 0 Å². The predicted octanol–water partition coefficient (Wildman–Crippen LogP) is 2.46. The quantitative estimate of drug-likeness (QED) is 0.847. The average molecular weight is 356 g/mol. The van der Waals surface area contributed by atoms with E-state index in [4.69, 9.17) is 4.42 Å². The summed E-state index contributed by atoms with van der Waals surface area (Å²) < 4.78 is 28.0. The van der Waals surface area contributed by atoms with Gasteiger partial charge in [0.1, 0.15) is 0 Å². The Labute approximate surface area is 144 Å². The summed E-state index contributed by atoms with van der Waals surface area (Å²) in [6.45, 7) is 7.14. The molecule has 0 saturated carbocycles. The first-order chi connectivity index (χ1) is 11.2. The van der Waals surface area contributed by atoms with Crippen LogP contribution in [0.1, 0.15) is 56.5 Å². The zero-order valence-corrected chi connectivity index (χ0v) is 15.6. The zero-order valence-electron chi connectivity index (χ0n) is 14.8. The van der Waals surface area contributed by atoms with Crippen LogP contribution in [0.5, 0.6) is 0 Å². The van der Waals surface area contributed by atoms with Crippen molar-refractivity contribution in [3.05, 3.63) is 17.9 Å². The summed E-state index contributed by atoms with van der Waals surface area (Å²) in [4.78, 5) is 14.7. The maximum atomic E-state index is 12.3. The largest absolute Gasteiger partial charge is 0.440 e. The number of rotatable bonds is 6. The van der Waals surface area contributed by atoms with Crippen LogP contribution < -0.4 is 5.32 Å². The number of furan rings is 1. The molecule has 24 heavy (non-hydrogen) atoms. The summed E-state index contributed by atoms with van der Waals surface area (Å²) in [7, 11) is -3.44. The SMILES string of the molecule is CC(C)(CCN1CCCCCC1)NC(=O)c1ccc(S(C)(=O)=O)o1. The highest BCUT2D eigenvalue weighted by Gasteiger charge is 2.25. The summed E-state index contributed by atoms with van der Waals surface area (Å²) >= 11 is 0. The van der Waals surface area contributed by atoms with Gasteiger partial charge in [-0.3, -0.25) is 4.79 Å². The normalized spacial score (nSPS) is 17.5. The van der Waals surface area contributed by atoms with Crippen molar-refractivity contribution < 1.29 is 17.6 Å². The number of nitrogens with zero attached hydrogens (tertiary/aromatic N) is 1. The maximum absolute atomic E-state index is 12.3. The summed E-state index contributed by atoms with van der Waals surface area (Å²) in [5, 5.41) is 2.75. The minimum atomic E-state index is -3.44. The lowest BCUT2D eigenvalue weighted by molar-refractivity contribution is 0.0869. The van der Waals surface area contributed by atoms with Crippen LogP contribution in [0.3, 0.4) is 0 Å². The van der Waals surface area contributed by atoms with Crippen LogP contribution in [0.2, 0.25) is 0 Å². The van der Waals surface area contributed by atoms with Crippen molar-refractivity contribution >= 4 is 15.7 Å². The Bertz CT molecular complexity index is 656. The first kappa shape index (κ1) is 19.0. The molecule has 2 heterocycles. The minimum Gasteiger partial charge on any atom is -0.440 e. The highest BCUT2D eigenvalue weighted by atomic mass is 32.2. The second-order valence-corrected chi connectivity index (χ2v) is 9.18. The fourth-order valence-electron chi connectivity index (χ4n) is 2.87. The van der Waals surface area contributed by atoms with Crippen molar-refractivity contribution in [1.82, 2.24) is 10.2 Å². The number of hydrogen-bond donors (Lipinski definition) is 1. The van der Waals surface area contributed by atoms with Gasteiger partial charge in [0, 0.05) is 18.3 Å². The van der Waals surface area contributed by atoms with Crippen LogP contribution in [0.25, 0.3) is 0 Å². The van der Waals surface area contributed by atoms with Gasteiger partial charge in [-0.2, -0.15) is 0 Å². The maximum Gasteiger partial charge on any atom is 0.287 e. The van der Waals surface area contributed by atoms with Crippen LogP contribution in [0.15, 0.2) is 21.6 Å². The van der Waals surface area contributed by atoms with E-state index in [2.05, 4.69) is 10.2 Å². The highest BCUT2D eigenvalue weighted by molar-refractivity contribution is 7.90. The molecule has 1 aliphatic rings. The molecule has 0 atom stereocenters. The molecule has 7 heteroatoms. The molecule has 0 aliphatic carbocycles. The highest BCUT2D eigenvalue weighted by Crippen LogP contribution is 2.17. The van der Waals surface area contributed by atoms with Crippen molar-refractivity contribution in [1.29, 1.82) is 0 Å². The predicted molar refractivity (Wildman–Crippen MR) is 92.9 cm³/mol. The summed E-state index contributed by atoms with van der Waals surface area (Å²) in [6, 6.07) is 2.71. The molecular formula is C17H28N2O4S. The lowest BCUT2D eigenvalue weighted by Crippen LogP contribution is -2.45. The van der Waals surface area contributed by atoms with E-state index >= 15 is 0 Å². The number of hydrogen-bond acceptors (Lipinski definition) is 5. The van der Waals surface area contributed by atoms with Crippen molar-refractivity contribution in [2.24, 2.45) is 0 Å². The number of carbonyl (C=O) groups is 1. The third-order valence-electron chi connectivity index (χ3n) is 4.37. The van der Waals surface area contributed by atoms with Crippen molar-refractivity contribution in [2.75, 3.05) is 25.9 Å². The molecule has 1 fully saturated rings.